The molecule has 6 nitrogen and oxygen atoms in total. The van der Waals surface area contributed by atoms with Gasteiger partial charge in [-0.05, 0) is 46.1 Å². The van der Waals surface area contributed by atoms with Crippen LogP contribution < -0.4 is 10.6 Å². The third kappa shape index (κ3) is 4.10. The molecule has 0 spiro atoms. The van der Waals surface area contributed by atoms with Gasteiger partial charge in [0.2, 0.25) is 0 Å². The number of aliphatic carboxylic acids is 1. The molecular formula is C14H25N3O3. The molecule has 0 aliphatic heterocycles. The summed E-state index contributed by atoms with van der Waals surface area (Å²) in [6, 6.07) is 0.814. The Balaban J connectivity index is 1.64. The van der Waals surface area contributed by atoms with E-state index in [0.29, 0.717) is 31.5 Å². The second-order valence-corrected chi connectivity index (χ2v) is 6.15. The van der Waals surface area contributed by atoms with E-state index in [-0.39, 0.29) is 18.0 Å². The summed E-state index contributed by atoms with van der Waals surface area (Å²) in [6.07, 6.45) is 4.46. The normalized spacial score (nSPS) is 27.4. The Morgan fingerprint density at radius 1 is 1.30 bits per heavy atom. The third-order valence-corrected chi connectivity index (χ3v) is 4.49. The molecule has 0 bridgehead atoms. The molecule has 2 saturated carbocycles. The molecule has 3 N–H and O–H groups in total. The number of carbonyl (C=O) groups excluding carboxylic acids is 1. The lowest BCUT2D eigenvalue weighted by Crippen LogP contribution is -2.46. The number of hydrogen-bond donors (Lipinski definition) is 3. The van der Waals surface area contributed by atoms with Crippen LogP contribution in [0.15, 0.2) is 0 Å². The Kier molecular flexibility index (Phi) is 4.86. The van der Waals surface area contributed by atoms with Gasteiger partial charge in [0.25, 0.3) is 0 Å². The lowest BCUT2D eigenvalue weighted by molar-refractivity contribution is -0.141. The number of hydrogen-bond acceptors (Lipinski definition) is 3. The number of carboxylic acids is 1. The average Bonchev–Trinajstić information content (AvgIpc) is 3.15. The van der Waals surface area contributed by atoms with Crippen LogP contribution in [0.3, 0.4) is 0 Å². The number of urea groups is 1. The van der Waals surface area contributed by atoms with Crippen molar-refractivity contribution in [3.63, 3.8) is 0 Å². The fourth-order valence-electron chi connectivity index (χ4n) is 2.80. The maximum atomic E-state index is 11.8. The fourth-order valence-corrected chi connectivity index (χ4v) is 2.80. The molecule has 3 unspecified atom stereocenters. The zero-order valence-electron chi connectivity index (χ0n) is 12.3. The Hall–Kier alpha value is -1.30. The number of carbonyl (C=O) groups is 2. The average molecular weight is 283 g/mol. The van der Waals surface area contributed by atoms with E-state index in [2.05, 4.69) is 29.5 Å². The minimum Gasteiger partial charge on any atom is -0.481 e. The van der Waals surface area contributed by atoms with Crippen LogP contribution in [0.5, 0.6) is 0 Å². The minimum absolute atomic E-state index is 0.00688. The summed E-state index contributed by atoms with van der Waals surface area (Å²) in [5.41, 5.74) is 0. The van der Waals surface area contributed by atoms with E-state index >= 15 is 0 Å². The third-order valence-electron chi connectivity index (χ3n) is 4.49. The standard InChI is InChI=1S/C14H25N3O3/c1-9(17(2)12-5-6-12)8-15-14(20)16-11-4-3-10(7-11)13(18)19/h9-12H,3-8H2,1-2H3,(H,18,19)(H2,15,16,20). The highest BCUT2D eigenvalue weighted by atomic mass is 16.4. The second-order valence-electron chi connectivity index (χ2n) is 6.15. The lowest BCUT2D eigenvalue weighted by atomic mass is 10.1. The van der Waals surface area contributed by atoms with Crippen molar-refractivity contribution in [2.45, 2.75) is 57.2 Å². The Morgan fingerprint density at radius 2 is 2.00 bits per heavy atom. The molecule has 0 saturated heterocycles. The summed E-state index contributed by atoms with van der Waals surface area (Å²) in [6.45, 7) is 2.72. The van der Waals surface area contributed by atoms with E-state index in [9.17, 15) is 9.59 Å². The predicted octanol–water partition coefficient (Wildman–Crippen LogP) is 1.02. The highest BCUT2D eigenvalue weighted by Crippen LogP contribution is 2.27. The van der Waals surface area contributed by atoms with Gasteiger partial charge in [0.15, 0.2) is 0 Å². The van der Waals surface area contributed by atoms with E-state index in [4.69, 9.17) is 5.11 Å². The van der Waals surface area contributed by atoms with Crippen molar-refractivity contribution in [3.8, 4) is 0 Å². The molecule has 0 aromatic rings. The van der Waals surface area contributed by atoms with Gasteiger partial charge in [-0.15, -0.1) is 0 Å². The van der Waals surface area contributed by atoms with Gasteiger partial charge in [0, 0.05) is 24.7 Å². The van der Waals surface area contributed by atoms with Gasteiger partial charge >= 0.3 is 12.0 Å². The molecule has 2 amide bonds. The summed E-state index contributed by atoms with van der Waals surface area (Å²) in [7, 11) is 2.09. The van der Waals surface area contributed by atoms with E-state index in [0.717, 1.165) is 6.42 Å². The van der Waals surface area contributed by atoms with Crippen LogP contribution in [0.4, 0.5) is 4.79 Å². The minimum atomic E-state index is -0.755. The number of nitrogens with zero attached hydrogens (tertiary/aromatic N) is 1. The van der Waals surface area contributed by atoms with E-state index < -0.39 is 5.97 Å². The summed E-state index contributed by atoms with van der Waals surface area (Å²) in [5, 5.41) is 14.7. The van der Waals surface area contributed by atoms with Crippen LogP contribution in [-0.4, -0.2) is 53.7 Å². The summed E-state index contributed by atoms with van der Waals surface area (Å²) in [5.74, 6) is -1.06. The molecule has 114 valence electrons. The molecule has 2 fully saturated rings. The molecule has 0 heterocycles. The highest BCUT2D eigenvalue weighted by Gasteiger charge is 2.31. The zero-order valence-corrected chi connectivity index (χ0v) is 12.3. The molecule has 2 rings (SSSR count). The molecule has 3 atom stereocenters. The maximum Gasteiger partial charge on any atom is 0.315 e. The van der Waals surface area contributed by atoms with Crippen LogP contribution in [0.1, 0.15) is 39.0 Å². The smallest absolute Gasteiger partial charge is 0.315 e. The number of amides is 2. The van der Waals surface area contributed by atoms with Crippen molar-refractivity contribution in [2.24, 2.45) is 5.92 Å². The molecule has 6 heteroatoms. The number of rotatable bonds is 6. The quantitative estimate of drug-likeness (QED) is 0.680. The van der Waals surface area contributed by atoms with Gasteiger partial charge in [-0.2, -0.15) is 0 Å². The van der Waals surface area contributed by atoms with Crippen molar-refractivity contribution >= 4 is 12.0 Å². The monoisotopic (exact) mass is 283 g/mol. The van der Waals surface area contributed by atoms with Crippen molar-refractivity contribution in [3.05, 3.63) is 0 Å². The zero-order chi connectivity index (χ0) is 14.7. The Labute approximate surface area is 119 Å². The first-order chi connectivity index (χ1) is 9.47. The summed E-state index contributed by atoms with van der Waals surface area (Å²) < 4.78 is 0. The molecule has 0 aromatic heterocycles. The second kappa shape index (κ2) is 6.43. The van der Waals surface area contributed by atoms with Crippen molar-refractivity contribution in [1.29, 1.82) is 0 Å². The van der Waals surface area contributed by atoms with Gasteiger partial charge in [-0.1, -0.05) is 0 Å². The number of carboxylic acid groups (broad SMARTS) is 1. The first-order valence-corrected chi connectivity index (χ1v) is 7.46. The summed E-state index contributed by atoms with van der Waals surface area (Å²) in [4.78, 5) is 25.0. The molecule has 0 aromatic carbocycles. The van der Waals surface area contributed by atoms with Crippen LogP contribution in [-0.2, 0) is 4.79 Å². The van der Waals surface area contributed by atoms with E-state index in [1.807, 2.05) is 0 Å². The fraction of sp³-hybridized carbons (Fsp3) is 0.857. The van der Waals surface area contributed by atoms with Gasteiger partial charge < -0.3 is 15.7 Å². The molecule has 20 heavy (non-hydrogen) atoms. The van der Waals surface area contributed by atoms with E-state index in [1.165, 1.54) is 12.8 Å². The van der Waals surface area contributed by atoms with Crippen LogP contribution in [0.25, 0.3) is 0 Å². The largest absolute Gasteiger partial charge is 0.481 e. The topological polar surface area (TPSA) is 81.7 Å². The number of nitrogens with one attached hydrogen (secondary N) is 2. The SMILES string of the molecule is CC(CNC(=O)NC1CCC(C(=O)O)C1)N(C)C1CC1. The summed E-state index contributed by atoms with van der Waals surface area (Å²) >= 11 is 0. The molecule has 0 radical (unpaired) electrons. The lowest BCUT2D eigenvalue weighted by Gasteiger charge is -2.25. The predicted molar refractivity (Wildman–Crippen MR) is 75.5 cm³/mol. The maximum absolute atomic E-state index is 11.8. The molecule has 2 aliphatic rings. The first kappa shape index (κ1) is 15.1. The molecular weight excluding hydrogens is 258 g/mol. The highest BCUT2D eigenvalue weighted by molar-refractivity contribution is 5.75. The Bertz CT molecular complexity index is 371. The Morgan fingerprint density at radius 3 is 2.55 bits per heavy atom. The van der Waals surface area contributed by atoms with Crippen molar-refractivity contribution in [2.75, 3.05) is 13.6 Å². The number of likely N-dealkylation sites (N-methyl/N-ethyl adjacent to an activating group) is 1. The van der Waals surface area contributed by atoms with Gasteiger partial charge in [-0.3, -0.25) is 9.69 Å². The van der Waals surface area contributed by atoms with Crippen LogP contribution in [0, 0.1) is 5.92 Å². The van der Waals surface area contributed by atoms with Crippen molar-refractivity contribution in [1.82, 2.24) is 15.5 Å². The first-order valence-electron chi connectivity index (χ1n) is 7.46. The van der Waals surface area contributed by atoms with E-state index in [1.54, 1.807) is 0 Å². The van der Waals surface area contributed by atoms with Gasteiger partial charge in [0.1, 0.15) is 0 Å². The van der Waals surface area contributed by atoms with Crippen LogP contribution in [0.2, 0.25) is 0 Å². The molecule has 2 aliphatic carbocycles. The van der Waals surface area contributed by atoms with Gasteiger partial charge in [0.05, 0.1) is 5.92 Å². The van der Waals surface area contributed by atoms with Gasteiger partial charge in [-0.25, -0.2) is 4.79 Å². The van der Waals surface area contributed by atoms with Crippen LogP contribution >= 0.6 is 0 Å². The van der Waals surface area contributed by atoms with Crippen molar-refractivity contribution < 1.29 is 14.7 Å².